The molecule has 1 aromatic heterocycles. The van der Waals surface area contributed by atoms with Crippen molar-refractivity contribution in [2.24, 2.45) is 11.5 Å². The SMILES string of the molecule is NC(=O)CN(CC(N)=O)C(=O)c1c[nH]ccc1=O. The molecule has 5 N–H and O–H groups in total. The summed E-state index contributed by atoms with van der Waals surface area (Å²) in [6.45, 7) is -0.980. The Morgan fingerprint density at radius 1 is 1.17 bits per heavy atom. The third kappa shape index (κ3) is 3.44. The van der Waals surface area contributed by atoms with Crippen LogP contribution in [0.1, 0.15) is 10.4 Å². The van der Waals surface area contributed by atoms with Crippen LogP contribution in [0.25, 0.3) is 0 Å². The largest absolute Gasteiger partial charge is 0.368 e. The zero-order chi connectivity index (χ0) is 13.7. The van der Waals surface area contributed by atoms with Crippen LogP contribution in [-0.4, -0.2) is 40.7 Å². The molecule has 1 heterocycles. The van der Waals surface area contributed by atoms with Gasteiger partial charge in [-0.2, -0.15) is 0 Å². The van der Waals surface area contributed by atoms with Gasteiger partial charge in [0.25, 0.3) is 5.91 Å². The Morgan fingerprint density at radius 2 is 1.72 bits per heavy atom. The van der Waals surface area contributed by atoms with E-state index >= 15 is 0 Å². The van der Waals surface area contributed by atoms with Crippen LogP contribution >= 0.6 is 0 Å². The predicted octanol–water partition coefficient (Wildman–Crippen LogP) is -2.21. The standard InChI is InChI=1S/C10H12N4O4/c11-8(16)4-14(5-9(12)17)10(18)6-3-13-2-1-7(6)15/h1-3H,4-5H2,(H2,11,16)(H2,12,17)(H,13,15). The fourth-order valence-electron chi connectivity index (χ4n) is 1.33. The van der Waals surface area contributed by atoms with E-state index in [-0.39, 0.29) is 5.56 Å². The molecule has 0 saturated heterocycles. The third-order valence-corrected chi connectivity index (χ3v) is 2.04. The first kappa shape index (κ1) is 13.4. The summed E-state index contributed by atoms with van der Waals surface area (Å²) < 4.78 is 0. The molecule has 0 aromatic carbocycles. The maximum atomic E-state index is 11.9. The minimum atomic E-state index is -0.808. The second-order valence-corrected chi connectivity index (χ2v) is 3.52. The summed E-state index contributed by atoms with van der Waals surface area (Å²) in [4.78, 5) is 48.3. The van der Waals surface area contributed by atoms with Crippen molar-refractivity contribution in [1.82, 2.24) is 9.88 Å². The maximum Gasteiger partial charge on any atom is 0.260 e. The molecule has 0 saturated carbocycles. The van der Waals surface area contributed by atoms with Crippen molar-refractivity contribution < 1.29 is 14.4 Å². The van der Waals surface area contributed by atoms with Crippen LogP contribution in [0.3, 0.4) is 0 Å². The zero-order valence-electron chi connectivity index (χ0n) is 9.38. The molecule has 0 bridgehead atoms. The lowest BCUT2D eigenvalue weighted by Crippen LogP contribution is -2.44. The smallest absolute Gasteiger partial charge is 0.260 e. The van der Waals surface area contributed by atoms with Gasteiger partial charge in [-0.05, 0) is 0 Å². The number of amides is 3. The molecule has 0 aliphatic heterocycles. The van der Waals surface area contributed by atoms with Crippen molar-refractivity contribution in [3.05, 3.63) is 34.2 Å². The molecule has 1 aromatic rings. The molecule has 8 heteroatoms. The number of carbonyl (C=O) groups is 3. The summed E-state index contributed by atoms with van der Waals surface area (Å²) in [5, 5.41) is 0. The number of H-pyrrole nitrogens is 1. The molecule has 0 fully saturated rings. The van der Waals surface area contributed by atoms with Crippen molar-refractivity contribution in [2.45, 2.75) is 0 Å². The number of aromatic nitrogens is 1. The Labute approximate surface area is 102 Å². The van der Waals surface area contributed by atoms with Crippen molar-refractivity contribution in [3.8, 4) is 0 Å². The summed E-state index contributed by atoms with van der Waals surface area (Å²) in [7, 11) is 0. The first-order valence-electron chi connectivity index (χ1n) is 4.95. The Morgan fingerprint density at radius 3 is 2.17 bits per heavy atom. The number of carbonyl (C=O) groups excluding carboxylic acids is 3. The van der Waals surface area contributed by atoms with Gasteiger partial charge in [0.15, 0.2) is 5.43 Å². The van der Waals surface area contributed by atoms with Gasteiger partial charge in [0.1, 0.15) is 18.7 Å². The minimum absolute atomic E-state index is 0.194. The number of hydrogen-bond donors (Lipinski definition) is 3. The second-order valence-electron chi connectivity index (χ2n) is 3.52. The number of rotatable bonds is 5. The van der Waals surface area contributed by atoms with Crippen LogP contribution in [0.5, 0.6) is 0 Å². The highest BCUT2D eigenvalue weighted by atomic mass is 16.2. The number of nitrogens with one attached hydrogen (secondary N) is 1. The lowest BCUT2D eigenvalue weighted by atomic mass is 10.2. The number of aromatic amines is 1. The van der Waals surface area contributed by atoms with Crippen LogP contribution in [-0.2, 0) is 9.59 Å². The van der Waals surface area contributed by atoms with Gasteiger partial charge in [-0.1, -0.05) is 0 Å². The summed E-state index contributed by atoms with van der Waals surface area (Å²) in [6.07, 6.45) is 2.53. The highest BCUT2D eigenvalue weighted by molar-refractivity contribution is 5.98. The number of nitrogens with two attached hydrogens (primary N) is 2. The van der Waals surface area contributed by atoms with Crippen molar-refractivity contribution in [2.75, 3.05) is 13.1 Å². The molecule has 0 radical (unpaired) electrons. The number of pyridine rings is 1. The van der Waals surface area contributed by atoms with E-state index in [1.165, 1.54) is 12.4 Å². The molecular formula is C10H12N4O4. The van der Waals surface area contributed by atoms with Crippen molar-refractivity contribution in [3.63, 3.8) is 0 Å². The average molecular weight is 252 g/mol. The Bertz CT molecular complexity index is 521. The predicted molar refractivity (Wildman–Crippen MR) is 61.4 cm³/mol. The normalized spacial score (nSPS) is 9.78. The van der Waals surface area contributed by atoms with Gasteiger partial charge in [-0.25, -0.2) is 0 Å². The molecule has 8 nitrogen and oxygen atoms in total. The fraction of sp³-hybridized carbons (Fsp3) is 0.200. The second kappa shape index (κ2) is 5.62. The lowest BCUT2D eigenvalue weighted by Gasteiger charge is -2.18. The molecular weight excluding hydrogens is 240 g/mol. The van der Waals surface area contributed by atoms with Gasteiger partial charge in [0, 0.05) is 18.5 Å². The van der Waals surface area contributed by atoms with Crippen LogP contribution in [0.15, 0.2) is 23.3 Å². The first-order valence-corrected chi connectivity index (χ1v) is 4.95. The Kier molecular flexibility index (Phi) is 4.19. The molecule has 3 amide bonds. The molecule has 0 aliphatic rings. The van der Waals surface area contributed by atoms with Crippen LogP contribution in [0, 0.1) is 0 Å². The van der Waals surface area contributed by atoms with Gasteiger partial charge in [-0.15, -0.1) is 0 Å². The van der Waals surface area contributed by atoms with Crippen LogP contribution < -0.4 is 16.9 Å². The quantitative estimate of drug-likeness (QED) is 0.546. The van der Waals surface area contributed by atoms with Gasteiger partial charge < -0.3 is 21.4 Å². The fourth-order valence-corrected chi connectivity index (χ4v) is 1.33. The van der Waals surface area contributed by atoms with E-state index in [0.717, 1.165) is 11.0 Å². The van der Waals surface area contributed by atoms with Crippen molar-refractivity contribution >= 4 is 17.7 Å². The molecule has 1 rings (SSSR count). The van der Waals surface area contributed by atoms with E-state index in [0.29, 0.717) is 0 Å². The van der Waals surface area contributed by atoms with E-state index < -0.39 is 36.2 Å². The number of nitrogens with zero attached hydrogens (tertiary/aromatic N) is 1. The van der Waals surface area contributed by atoms with Crippen LogP contribution in [0.2, 0.25) is 0 Å². The van der Waals surface area contributed by atoms with E-state index in [1.807, 2.05) is 0 Å². The summed E-state index contributed by atoms with van der Waals surface area (Å²) in [5.74, 6) is -2.40. The van der Waals surface area contributed by atoms with Gasteiger partial charge in [0.05, 0.1) is 0 Å². The maximum absolute atomic E-state index is 11.9. The van der Waals surface area contributed by atoms with Gasteiger partial charge in [0.2, 0.25) is 11.8 Å². The van der Waals surface area contributed by atoms with Crippen LogP contribution in [0.4, 0.5) is 0 Å². The van der Waals surface area contributed by atoms with Crippen molar-refractivity contribution in [1.29, 1.82) is 0 Å². The molecule has 18 heavy (non-hydrogen) atoms. The average Bonchev–Trinajstić information content (AvgIpc) is 2.26. The van der Waals surface area contributed by atoms with E-state index in [2.05, 4.69) is 4.98 Å². The first-order chi connectivity index (χ1) is 8.41. The molecule has 0 spiro atoms. The number of primary amides is 2. The minimum Gasteiger partial charge on any atom is -0.368 e. The Balaban J connectivity index is 3.02. The highest BCUT2D eigenvalue weighted by Gasteiger charge is 2.21. The Hall–Kier alpha value is -2.64. The third-order valence-electron chi connectivity index (χ3n) is 2.04. The lowest BCUT2D eigenvalue weighted by molar-refractivity contribution is -0.121. The molecule has 96 valence electrons. The van der Waals surface area contributed by atoms with Gasteiger partial charge >= 0.3 is 0 Å². The molecule has 0 aliphatic carbocycles. The molecule has 0 unspecified atom stereocenters. The molecule has 0 atom stereocenters. The summed E-state index contributed by atoms with van der Waals surface area (Å²) >= 11 is 0. The van der Waals surface area contributed by atoms with Gasteiger partial charge in [-0.3, -0.25) is 19.2 Å². The monoisotopic (exact) mass is 252 g/mol. The highest BCUT2D eigenvalue weighted by Crippen LogP contribution is 1.98. The topological polar surface area (TPSA) is 139 Å². The zero-order valence-corrected chi connectivity index (χ0v) is 9.38. The summed E-state index contributed by atoms with van der Waals surface area (Å²) in [5.41, 5.74) is 9.18. The van der Waals surface area contributed by atoms with E-state index in [9.17, 15) is 19.2 Å². The number of hydrogen-bond acceptors (Lipinski definition) is 4. The summed E-state index contributed by atoms with van der Waals surface area (Å²) in [6, 6.07) is 1.15. The van der Waals surface area contributed by atoms with E-state index in [4.69, 9.17) is 11.5 Å². The van der Waals surface area contributed by atoms with E-state index in [1.54, 1.807) is 0 Å².